The zero-order chi connectivity index (χ0) is 20.1. The average molecular weight is 390 g/mol. The minimum absolute atomic E-state index is 0.162. The van der Waals surface area contributed by atoms with Gasteiger partial charge >= 0.3 is 0 Å². The number of amides is 2. The van der Waals surface area contributed by atoms with Gasteiger partial charge < -0.3 is 25.3 Å². The third kappa shape index (κ3) is 2.74. The maximum absolute atomic E-state index is 13.0. The van der Waals surface area contributed by atoms with Crippen LogP contribution in [0.15, 0.2) is 49.1 Å². The van der Waals surface area contributed by atoms with Gasteiger partial charge in [0.2, 0.25) is 5.91 Å². The van der Waals surface area contributed by atoms with E-state index in [1.807, 2.05) is 0 Å². The van der Waals surface area contributed by atoms with Gasteiger partial charge in [0.05, 0.1) is 35.1 Å². The number of benzene rings is 1. The summed E-state index contributed by atoms with van der Waals surface area (Å²) in [5, 5.41) is 11.3. The van der Waals surface area contributed by atoms with Crippen molar-refractivity contribution in [3.8, 4) is 0 Å². The monoisotopic (exact) mass is 390 g/mol. The molecule has 4 N–H and O–H groups in total. The van der Waals surface area contributed by atoms with E-state index in [0.717, 1.165) is 11.0 Å². The lowest BCUT2D eigenvalue weighted by molar-refractivity contribution is 0.0764. The quantitative estimate of drug-likeness (QED) is 0.482. The number of aromatic nitrogens is 4. The van der Waals surface area contributed by atoms with Gasteiger partial charge in [0.1, 0.15) is 5.65 Å². The number of carbonyl (C=O) groups is 2. The van der Waals surface area contributed by atoms with Gasteiger partial charge in [-0.05, 0) is 30.3 Å². The lowest BCUT2D eigenvalue weighted by Crippen LogP contribution is -2.29. The van der Waals surface area contributed by atoms with Crippen molar-refractivity contribution in [2.45, 2.75) is 12.1 Å². The van der Waals surface area contributed by atoms with Crippen molar-refractivity contribution >= 4 is 33.9 Å². The molecule has 9 heteroatoms. The van der Waals surface area contributed by atoms with Crippen molar-refractivity contribution in [3.63, 3.8) is 0 Å². The molecule has 0 spiro atoms. The van der Waals surface area contributed by atoms with Gasteiger partial charge in [-0.3, -0.25) is 9.59 Å². The lowest BCUT2D eigenvalue weighted by atomic mass is 10.1. The summed E-state index contributed by atoms with van der Waals surface area (Å²) in [5.41, 5.74) is 8.47. The van der Waals surface area contributed by atoms with Crippen molar-refractivity contribution < 1.29 is 14.7 Å². The molecule has 1 aromatic carbocycles. The number of aliphatic hydroxyl groups is 1. The highest BCUT2D eigenvalue weighted by molar-refractivity contribution is 6.04. The van der Waals surface area contributed by atoms with E-state index in [-0.39, 0.29) is 18.5 Å². The number of aromatic amines is 1. The molecule has 3 aromatic heterocycles. The largest absolute Gasteiger partial charge is 0.389 e. The molecule has 0 unspecified atom stereocenters. The number of rotatable bonds is 3. The number of fused-ring (bicyclic) bond motifs is 2. The summed E-state index contributed by atoms with van der Waals surface area (Å²) in [6.07, 6.45) is 4.11. The summed E-state index contributed by atoms with van der Waals surface area (Å²) in [6.45, 7) is 0.535. The van der Waals surface area contributed by atoms with Crippen LogP contribution in [-0.4, -0.2) is 60.5 Å². The summed E-state index contributed by atoms with van der Waals surface area (Å²) in [7, 11) is 0. The Morgan fingerprint density at radius 1 is 1.17 bits per heavy atom. The molecule has 0 aliphatic carbocycles. The zero-order valence-corrected chi connectivity index (χ0v) is 15.3. The molecule has 1 saturated heterocycles. The number of nitrogens with two attached hydrogens (primary N) is 1. The smallest absolute Gasteiger partial charge is 0.254 e. The molecule has 2 amide bonds. The first-order valence-electron chi connectivity index (χ1n) is 9.19. The van der Waals surface area contributed by atoms with Gasteiger partial charge in [0.25, 0.3) is 5.91 Å². The first-order chi connectivity index (χ1) is 14.0. The van der Waals surface area contributed by atoms with Crippen LogP contribution < -0.4 is 5.73 Å². The summed E-state index contributed by atoms with van der Waals surface area (Å²) >= 11 is 0. The van der Waals surface area contributed by atoms with Crippen LogP contribution in [0.1, 0.15) is 26.8 Å². The van der Waals surface area contributed by atoms with E-state index < -0.39 is 12.0 Å². The van der Waals surface area contributed by atoms with Crippen LogP contribution in [0, 0.1) is 0 Å². The van der Waals surface area contributed by atoms with Crippen LogP contribution >= 0.6 is 0 Å². The van der Waals surface area contributed by atoms with E-state index in [2.05, 4.69) is 15.0 Å². The second-order valence-electron chi connectivity index (χ2n) is 7.16. The number of primary amides is 1. The van der Waals surface area contributed by atoms with Crippen LogP contribution in [0.4, 0.5) is 0 Å². The van der Waals surface area contributed by atoms with Gasteiger partial charge in [0.15, 0.2) is 0 Å². The Hall–Kier alpha value is -3.72. The number of pyridine rings is 1. The normalized spacial score (nSPS) is 19.3. The van der Waals surface area contributed by atoms with E-state index in [9.17, 15) is 14.7 Å². The Labute approximate surface area is 164 Å². The number of hydrogen-bond donors (Lipinski definition) is 3. The number of nitrogens with zero attached hydrogens (tertiary/aromatic N) is 4. The molecule has 1 aliphatic rings. The number of hydrogen-bond acceptors (Lipinski definition) is 5. The molecule has 29 heavy (non-hydrogen) atoms. The van der Waals surface area contributed by atoms with Gasteiger partial charge in [0, 0.05) is 36.4 Å². The second kappa shape index (κ2) is 6.42. The predicted octanol–water partition coefficient (Wildman–Crippen LogP) is 1.07. The van der Waals surface area contributed by atoms with Crippen molar-refractivity contribution in [2.75, 3.05) is 13.1 Å². The Morgan fingerprint density at radius 3 is 2.86 bits per heavy atom. The Kier molecular flexibility index (Phi) is 3.85. The molecular weight excluding hydrogens is 372 g/mol. The van der Waals surface area contributed by atoms with E-state index in [4.69, 9.17) is 5.73 Å². The molecule has 4 heterocycles. The SMILES string of the molecule is NC(=O)c1ccnc2c1ccn2[C@@H]1CN(C(=O)c2ccc3nc[nH]c3c2)C[C@H]1O. The maximum atomic E-state index is 13.0. The topological polar surface area (TPSA) is 130 Å². The molecule has 1 fully saturated rings. The summed E-state index contributed by atoms with van der Waals surface area (Å²) in [5.74, 6) is -0.696. The van der Waals surface area contributed by atoms with Gasteiger partial charge in [-0.1, -0.05) is 0 Å². The van der Waals surface area contributed by atoms with Gasteiger partial charge in [-0.25, -0.2) is 9.97 Å². The summed E-state index contributed by atoms with van der Waals surface area (Å²) < 4.78 is 1.80. The Bertz CT molecular complexity index is 1260. The number of nitrogens with one attached hydrogen (secondary N) is 1. The third-order valence-electron chi connectivity index (χ3n) is 5.45. The van der Waals surface area contributed by atoms with Crippen molar-refractivity contribution in [2.24, 2.45) is 5.73 Å². The number of carbonyl (C=O) groups excluding carboxylic acids is 2. The number of β-amino-alcohol motifs (C(OH)–C–C–N with tert-alkyl or cyclic N) is 1. The van der Waals surface area contributed by atoms with Gasteiger partial charge in [-0.2, -0.15) is 0 Å². The highest BCUT2D eigenvalue weighted by Gasteiger charge is 2.36. The number of likely N-dealkylation sites (tertiary alicyclic amines) is 1. The Morgan fingerprint density at radius 2 is 2.03 bits per heavy atom. The molecule has 5 rings (SSSR count). The highest BCUT2D eigenvalue weighted by Crippen LogP contribution is 2.29. The van der Waals surface area contributed by atoms with Gasteiger partial charge in [-0.15, -0.1) is 0 Å². The van der Waals surface area contributed by atoms with Crippen LogP contribution in [0.3, 0.4) is 0 Å². The third-order valence-corrected chi connectivity index (χ3v) is 5.45. The highest BCUT2D eigenvalue weighted by atomic mass is 16.3. The van der Waals surface area contributed by atoms with Crippen LogP contribution in [0.5, 0.6) is 0 Å². The maximum Gasteiger partial charge on any atom is 0.254 e. The van der Waals surface area contributed by atoms with E-state index >= 15 is 0 Å². The molecule has 4 aromatic rings. The molecule has 0 saturated carbocycles. The molecule has 146 valence electrons. The van der Waals surface area contributed by atoms with E-state index in [1.165, 1.54) is 6.20 Å². The molecule has 9 nitrogen and oxygen atoms in total. The minimum Gasteiger partial charge on any atom is -0.389 e. The number of H-pyrrole nitrogens is 1. The van der Waals surface area contributed by atoms with Crippen LogP contribution in [0.2, 0.25) is 0 Å². The van der Waals surface area contributed by atoms with Crippen molar-refractivity contribution in [1.29, 1.82) is 0 Å². The lowest BCUT2D eigenvalue weighted by Gasteiger charge is -2.18. The zero-order valence-electron chi connectivity index (χ0n) is 15.3. The summed E-state index contributed by atoms with van der Waals surface area (Å²) in [4.78, 5) is 37.8. The van der Waals surface area contributed by atoms with Crippen LogP contribution in [-0.2, 0) is 0 Å². The fourth-order valence-corrected chi connectivity index (χ4v) is 4.00. The molecule has 1 aliphatic heterocycles. The fourth-order valence-electron chi connectivity index (χ4n) is 4.00. The second-order valence-corrected chi connectivity index (χ2v) is 7.16. The molecule has 0 radical (unpaired) electrons. The molecule has 2 atom stereocenters. The predicted molar refractivity (Wildman–Crippen MR) is 105 cm³/mol. The summed E-state index contributed by atoms with van der Waals surface area (Å²) in [6, 6.07) is 8.24. The standard InChI is InChI=1S/C20H18N6O3/c21-18(28)12-3-5-22-19-13(12)4-6-26(19)16-8-25(9-17(16)27)20(29)11-1-2-14-15(7-11)24-10-23-14/h1-7,10,16-17,27H,8-9H2,(H2,21,28)(H,23,24)/t16-,17-/m1/s1. The van der Waals surface area contributed by atoms with Crippen LogP contribution in [0.25, 0.3) is 22.1 Å². The first kappa shape index (κ1) is 17.4. The van der Waals surface area contributed by atoms with E-state index in [0.29, 0.717) is 28.7 Å². The van der Waals surface area contributed by atoms with Crippen molar-refractivity contribution in [1.82, 2.24) is 24.4 Å². The fraction of sp³-hybridized carbons (Fsp3) is 0.200. The molecular formula is C20H18N6O3. The Balaban J connectivity index is 1.45. The number of imidazole rings is 1. The number of aliphatic hydroxyl groups excluding tert-OH is 1. The van der Waals surface area contributed by atoms with Crippen molar-refractivity contribution in [3.05, 3.63) is 60.2 Å². The van der Waals surface area contributed by atoms with E-state index in [1.54, 1.807) is 52.3 Å². The average Bonchev–Trinajstić information content (AvgIpc) is 3.43. The molecule has 0 bridgehead atoms. The minimum atomic E-state index is -0.760. The first-order valence-corrected chi connectivity index (χ1v) is 9.19.